The Hall–Kier alpha value is 0.174. The Labute approximate surface area is 167 Å². The van der Waals surface area contributed by atoms with Crippen LogP contribution in [0.5, 0.6) is 0 Å². The lowest BCUT2D eigenvalue weighted by molar-refractivity contribution is 0.157. The molecule has 0 saturated heterocycles. The maximum absolute atomic E-state index is 12.3. The second kappa shape index (κ2) is 8.68. The fraction of sp³-hybridized carbons (Fsp3) is 0.947. The van der Waals surface area contributed by atoms with Crippen LogP contribution in [0.4, 0.5) is 0 Å². The van der Waals surface area contributed by atoms with E-state index < -0.39 is 27.6 Å². The number of hydrogen-bond donors (Lipinski definition) is 0. The first kappa shape index (κ1) is 26.2. The molecule has 0 aliphatic heterocycles. The smallest absolute Gasteiger partial charge is 0.193 e. The molecule has 0 aromatic heterocycles. The highest BCUT2D eigenvalue weighted by atomic mass is 32.2. The third kappa shape index (κ3) is 8.04. The molecule has 0 saturated carbocycles. The Bertz CT molecular complexity index is 512. The van der Waals surface area contributed by atoms with E-state index in [9.17, 15) is 4.21 Å². The lowest BCUT2D eigenvalue weighted by atomic mass is 10.2. The standard InChI is InChI=1S/C19H43NO3SSi2/c1-17(2,3)24(21)20-14-16(23-26(12,13)19(7,8)9)15-22-25(10,11)18(4,5)6/h14,16H,15H2,1-13H3. The predicted octanol–water partition coefficient (Wildman–Crippen LogP) is 5.93. The van der Waals surface area contributed by atoms with Gasteiger partial charge in [-0.15, -0.1) is 0 Å². The van der Waals surface area contributed by atoms with Crippen molar-refractivity contribution in [3.8, 4) is 0 Å². The molecule has 0 aliphatic carbocycles. The van der Waals surface area contributed by atoms with E-state index in [0.29, 0.717) is 6.61 Å². The van der Waals surface area contributed by atoms with Crippen molar-refractivity contribution in [2.45, 2.75) is 109 Å². The average molecular weight is 422 g/mol. The fourth-order valence-corrected chi connectivity index (χ4v) is 4.27. The summed E-state index contributed by atoms with van der Waals surface area (Å²) in [4.78, 5) is 0. The number of rotatable bonds is 7. The van der Waals surface area contributed by atoms with E-state index in [1.165, 1.54) is 0 Å². The summed E-state index contributed by atoms with van der Waals surface area (Å²) in [7, 11) is -5.16. The fourth-order valence-electron chi connectivity index (χ4n) is 1.45. The summed E-state index contributed by atoms with van der Waals surface area (Å²) >= 11 is 0. The van der Waals surface area contributed by atoms with Crippen molar-refractivity contribution < 1.29 is 13.1 Å². The molecule has 0 heterocycles. The van der Waals surface area contributed by atoms with Crippen LogP contribution in [0, 0.1) is 0 Å². The van der Waals surface area contributed by atoms with Crippen molar-refractivity contribution in [1.29, 1.82) is 0 Å². The van der Waals surface area contributed by atoms with E-state index in [2.05, 4.69) is 72.1 Å². The Balaban J connectivity index is 5.43. The highest BCUT2D eigenvalue weighted by molar-refractivity contribution is 7.85. The van der Waals surface area contributed by atoms with Crippen molar-refractivity contribution in [1.82, 2.24) is 0 Å². The van der Waals surface area contributed by atoms with E-state index in [4.69, 9.17) is 8.85 Å². The molecule has 2 atom stereocenters. The van der Waals surface area contributed by atoms with E-state index in [1.807, 2.05) is 20.8 Å². The van der Waals surface area contributed by atoms with Gasteiger partial charge >= 0.3 is 0 Å². The predicted molar refractivity (Wildman–Crippen MR) is 122 cm³/mol. The van der Waals surface area contributed by atoms with Gasteiger partial charge in [0.2, 0.25) is 0 Å². The van der Waals surface area contributed by atoms with Crippen molar-refractivity contribution in [2.24, 2.45) is 4.40 Å². The van der Waals surface area contributed by atoms with Gasteiger partial charge in [0.25, 0.3) is 0 Å². The van der Waals surface area contributed by atoms with E-state index in [1.54, 1.807) is 6.21 Å². The molecule has 0 bridgehead atoms. The molecule has 0 rings (SSSR count). The van der Waals surface area contributed by atoms with Gasteiger partial charge in [-0.25, -0.2) is 4.21 Å². The van der Waals surface area contributed by atoms with Gasteiger partial charge in [-0.1, -0.05) is 41.5 Å². The lowest BCUT2D eigenvalue weighted by Crippen LogP contribution is -2.48. The molecular formula is C19H43NO3SSi2. The summed E-state index contributed by atoms with van der Waals surface area (Å²) in [5, 5.41) is 0.235. The van der Waals surface area contributed by atoms with Crippen LogP contribution >= 0.6 is 0 Å². The van der Waals surface area contributed by atoms with Crippen molar-refractivity contribution in [3.05, 3.63) is 0 Å². The highest BCUT2D eigenvalue weighted by Crippen LogP contribution is 2.39. The van der Waals surface area contributed by atoms with Crippen LogP contribution in [-0.4, -0.2) is 44.5 Å². The molecule has 2 unspecified atom stereocenters. The molecule has 4 nitrogen and oxygen atoms in total. The molecule has 7 heteroatoms. The molecule has 156 valence electrons. The summed E-state index contributed by atoms with van der Waals surface area (Å²) < 4.78 is 29.2. The van der Waals surface area contributed by atoms with Gasteiger partial charge in [0.05, 0.1) is 11.4 Å². The molecular weight excluding hydrogens is 378 g/mol. The molecule has 0 aromatic carbocycles. The molecule has 0 amide bonds. The second-order valence-electron chi connectivity index (χ2n) is 11.1. The maximum atomic E-state index is 12.3. The normalized spacial score (nSPS) is 17.6. The van der Waals surface area contributed by atoms with Gasteiger partial charge < -0.3 is 8.85 Å². The highest BCUT2D eigenvalue weighted by Gasteiger charge is 2.41. The Morgan fingerprint density at radius 3 is 1.65 bits per heavy atom. The third-order valence-corrected chi connectivity index (χ3v) is 15.9. The first-order valence-corrected chi connectivity index (χ1v) is 16.4. The SMILES string of the molecule is CC(C)(C)S(=O)N=CC(CO[Si](C)(C)C(C)(C)C)O[Si](C)(C)C(C)(C)C. The minimum Gasteiger partial charge on any atom is -0.414 e. The van der Waals surface area contributed by atoms with Crippen molar-refractivity contribution in [2.75, 3.05) is 6.61 Å². The first-order chi connectivity index (χ1) is 11.2. The summed E-state index contributed by atoms with van der Waals surface area (Å²) in [5.74, 6) is 0. The third-order valence-electron chi connectivity index (χ3n) is 5.51. The average Bonchev–Trinajstić information content (AvgIpc) is 2.37. The van der Waals surface area contributed by atoms with Gasteiger partial charge in [0.1, 0.15) is 17.1 Å². The molecule has 0 fully saturated rings. The van der Waals surface area contributed by atoms with Gasteiger partial charge in [0.15, 0.2) is 16.6 Å². The monoisotopic (exact) mass is 421 g/mol. The van der Waals surface area contributed by atoms with Crippen LogP contribution in [0.1, 0.15) is 62.3 Å². The zero-order valence-electron chi connectivity index (χ0n) is 19.4. The van der Waals surface area contributed by atoms with Gasteiger partial charge in [0, 0.05) is 6.21 Å². The van der Waals surface area contributed by atoms with Crippen LogP contribution < -0.4 is 0 Å². The topological polar surface area (TPSA) is 47.9 Å². The van der Waals surface area contributed by atoms with Crippen LogP contribution in [0.3, 0.4) is 0 Å². The largest absolute Gasteiger partial charge is 0.414 e. The van der Waals surface area contributed by atoms with Crippen LogP contribution in [0.25, 0.3) is 0 Å². The minimum absolute atomic E-state index is 0.0965. The Kier molecular flexibility index (Phi) is 8.74. The summed E-state index contributed by atoms with van der Waals surface area (Å²) in [5.41, 5.74) is 0. The van der Waals surface area contributed by atoms with Crippen LogP contribution in [0.2, 0.25) is 36.3 Å². The molecule has 26 heavy (non-hydrogen) atoms. The van der Waals surface area contributed by atoms with E-state index in [-0.39, 0.29) is 20.9 Å². The zero-order chi connectivity index (χ0) is 21.2. The van der Waals surface area contributed by atoms with Crippen molar-refractivity contribution in [3.63, 3.8) is 0 Å². The molecule has 0 radical (unpaired) electrons. The van der Waals surface area contributed by atoms with Crippen LogP contribution in [0.15, 0.2) is 4.40 Å². The van der Waals surface area contributed by atoms with Gasteiger partial charge in [-0.2, -0.15) is 4.40 Å². The van der Waals surface area contributed by atoms with E-state index in [0.717, 1.165) is 0 Å². The van der Waals surface area contributed by atoms with Crippen LogP contribution in [-0.2, 0) is 19.8 Å². The zero-order valence-corrected chi connectivity index (χ0v) is 22.3. The summed E-state index contributed by atoms with van der Waals surface area (Å²) in [6.07, 6.45) is 1.45. The first-order valence-electron chi connectivity index (χ1n) is 9.49. The Morgan fingerprint density at radius 1 is 0.885 bits per heavy atom. The van der Waals surface area contributed by atoms with Gasteiger partial charge in [-0.3, -0.25) is 0 Å². The number of nitrogens with zero attached hydrogens (tertiary/aromatic N) is 1. The minimum atomic E-state index is -1.98. The quantitative estimate of drug-likeness (QED) is 0.378. The summed E-state index contributed by atoms with van der Waals surface area (Å²) in [6, 6.07) is 0. The summed E-state index contributed by atoms with van der Waals surface area (Å²) in [6.45, 7) is 28.5. The lowest BCUT2D eigenvalue weighted by Gasteiger charge is -2.40. The maximum Gasteiger partial charge on any atom is 0.193 e. The van der Waals surface area contributed by atoms with Gasteiger partial charge in [-0.05, 0) is 57.0 Å². The second-order valence-corrected chi connectivity index (χ2v) is 22.6. The number of hydrogen-bond acceptors (Lipinski definition) is 3. The molecule has 0 spiro atoms. The Morgan fingerprint density at radius 2 is 1.31 bits per heavy atom. The van der Waals surface area contributed by atoms with Crippen molar-refractivity contribution >= 4 is 33.8 Å². The molecule has 0 aromatic rings. The molecule has 0 N–H and O–H groups in total. The van der Waals surface area contributed by atoms with E-state index >= 15 is 0 Å². The molecule has 0 aliphatic rings.